The average Bonchev–Trinajstić information content (AvgIpc) is 3.14. The second-order valence-electron chi connectivity index (χ2n) is 5.59. The van der Waals surface area contributed by atoms with E-state index in [-0.39, 0.29) is 6.10 Å². The van der Waals surface area contributed by atoms with Gasteiger partial charge in [0.15, 0.2) is 5.96 Å². The van der Waals surface area contributed by atoms with E-state index in [1.54, 1.807) is 0 Å². The summed E-state index contributed by atoms with van der Waals surface area (Å²) in [4.78, 5) is 6.80. The third-order valence-corrected chi connectivity index (χ3v) is 5.03. The molecule has 2 aliphatic heterocycles. The van der Waals surface area contributed by atoms with Gasteiger partial charge < -0.3 is 15.4 Å². The van der Waals surface area contributed by atoms with Gasteiger partial charge in [-0.05, 0) is 6.42 Å². The van der Waals surface area contributed by atoms with Crippen molar-refractivity contribution >= 4 is 17.7 Å². The zero-order valence-corrected chi connectivity index (χ0v) is 13.3. The molecule has 0 radical (unpaired) electrons. The van der Waals surface area contributed by atoms with Gasteiger partial charge in [-0.15, -0.1) is 0 Å². The van der Waals surface area contributed by atoms with E-state index in [9.17, 15) is 0 Å². The van der Waals surface area contributed by atoms with Crippen LogP contribution in [0.3, 0.4) is 0 Å². The van der Waals surface area contributed by atoms with Gasteiger partial charge >= 0.3 is 0 Å². The van der Waals surface area contributed by atoms with Crippen molar-refractivity contribution in [2.24, 2.45) is 23.7 Å². The zero-order chi connectivity index (χ0) is 14.7. The molecule has 0 unspecified atom stereocenters. The fraction of sp³-hybridized carbons (Fsp3) is 0.714. The SMILES string of the molecule is Cn1cc([C@@H]2OCC[C@H]2CN=C(N)N2CCSCC2)cn1. The van der Waals surface area contributed by atoms with Crippen LogP contribution in [0, 0.1) is 5.92 Å². The number of rotatable bonds is 3. The number of hydrogen-bond acceptors (Lipinski definition) is 4. The van der Waals surface area contributed by atoms with Crippen molar-refractivity contribution < 1.29 is 4.74 Å². The lowest BCUT2D eigenvalue weighted by Gasteiger charge is -2.27. The summed E-state index contributed by atoms with van der Waals surface area (Å²) < 4.78 is 7.68. The number of hydrogen-bond donors (Lipinski definition) is 1. The molecule has 0 bridgehead atoms. The van der Waals surface area contributed by atoms with E-state index < -0.39 is 0 Å². The topological polar surface area (TPSA) is 68.7 Å². The maximum atomic E-state index is 6.12. The minimum atomic E-state index is 0.104. The first kappa shape index (κ1) is 14.7. The van der Waals surface area contributed by atoms with Gasteiger partial charge in [0.1, 0.15) is 0 Å². The molecule has 0 saturated carbocycles. The number of aromatic nitrogens is 2. The number of aliphatic imine (C=N–C) groups is 1. The Hall–Kier alpha value is -1.21. The summed E-state index contributed by atoms with van der Waals surface area (Å²) in [7, 11) is 1.93. The van der Waals surface area contributed by atoms with E-state index in [1.807, 2.05) is 35.9 Å². The van der Waals surface area contributed by atoms with Gasteiger partial charge in [-0.3, -0.25) is 9.67 Å². The lowest BCUT2D eigenvalue weighted by Crippen LogP contribution is -2.43. The van der Waals surface area contributed by atoms with Crippen LogP contribution >= 0.6 is 11.8 Å². The van der Waals surface area contributed by atoms with Gasteiger partial charge in [-0.2, -0.15) is 16.9 Å². The number of nitrogens with two attached hydrogens (primary N) is 1. The molecule has 21 heavy (non-hydrogen) atoms. The van der Waals surface area contributed by atoms with Crippen molar-refractivity contribution in [1.29, 1.82) is 0 Å². The van der Waals surface area contributed by atoms with Crippen LogP contribution in [-0.4, -0.2) is 58.4 Å². The monoisotopic (exact) mass is 309 g/mol. The molecular weight excluding hydrogens is 286 g/mol. The van der Waals surface area contributed by atoms with Gasteiger partial charge in [-0.1, -0.05) is 0 Å². The molecule has 1 aromatic rings. The Morgan fingerprint density at radius 1 is 1.52 bits per heavy atom. The number of nitrogens with zero attached hydrogens (tertiary/aromatic N) is 4. The predicted octanol–water partition coefficient (Wildman–Crippen LogP) is 0.861. The van der Waals surface area contributed by atoms with Crippen LogP contribution in [0.25, 0.3) is 0 Å². The fourth-order valence-corrected chi connectivity index (χ4v) is 3.78. The summed E-state index contributed by atoms with van der Waals surface area (Å²) >= 11 is 1.98. The Balaban J connectivity index is 1.60. The quantitative estimate of drug-likeness (QED) is 0.662. The highest BCUT2D eigenvalue weighted by molar-refractivity contribution is 7.99. The van der Waals surface area contributed by atoms with E-state index in [1.165, 1.54) is 0 Å². The first-order chi connectivity index (χ1) is 10.2. The molecule has 2 N–H and O–H groups in total. The Bertz CT molecular complexity index is 497. The summed E-state index contributed by atoms with van der Waals surface area (Å²) in [5, 5.41) is 4.23. The van der Waals surface area contributed by atoms with Crippen molar-refractivity contribution in [3.05, 3.63) is 18.0 Å². The van der Waals surface area contributed by atoms with E-state index in [0.29, 0.717) is 11.9 Å². The van der Waals surface area contributed by atoms with Crippen LogP contribution in [-0.2, 0) is 11.8 Å². The lowest BCUT2D eigenvalue weighted by molar-refractivity contribution is 0.0924. The van der Waals surface area contributed by atoms with Gasteiger partial charge in [0, 0.05) is 62.5 Å². The summed E-state index contributed by atoms with van der Waals surface area (Å²) in [5.41, 5.74) is 7.27. The Labute approximate surface area is 129 Å². The number of ether oxygens (including phenoxy) is 1. The molecule has 2 saturated heterocycles. The smallest absolute Gasteiger partial charge is 0.191 e. The van der Waals surface area contributed by atoms with Crippen LogP contribution in [0.15, 0.2) is 17.4 Å². The fourth-order valence-electron chi connectivity index (χ4n) is 2.88. The first-order valence-electron chi connectivity index (χ1n) is 7.47. The van der Waals surface area contributed by atoms with Crippen LogP contribution in [0.1, 0.15) is 18.1 Å². The Morgan fingerprint density at radius 2 is 2.33 bits per heavy atom. The molecular formula is C14H23N5OS. The lowest BCUT2D eigenvalue weighted by atomic mass is 9.98. The van der Waals surface area contributed by atoms with Crippen LogP contribution < -0.4 is 5.73 Å². The minimum Gasteiger partial charge on any atom is -0.373 e. The molecule has 2 fully saturated rings. The summed E-state index contributed by atoms with van der Waals surface area (Å²) in [6.07, 6.45) is 5.05. The van der Waals surface area contributed by atoms with E-state index in [4.69, 9.17) is 10.5 Å². The second-order valence-corrected chi connectivity index (χ2v) is 6.81. The molecule has 1 aromatic heterocycles. The van der Waals surface area contributed by atoms with E-state index in [0.717, 1.165) is 49.7 Å². The number of thioether (sulfide) groups is 1. The Morgan fingerprint density at radius 3 is 3.05 bits per heavy atom. The van der Waals surface area contributed by atoms with Crippen LogP contribution in [0.2, 0.25) is 0 Å². The van der Waals surface area contributed by atoms with Crippen LogP contribution in [0.5, 0.6) is 0 Å². The Kier molecular flexibility index (Phi) is 4.70. The van der Waals surface area contributed by atoms with Crippen molar-refractivity contribution in [3.8, 4) is 0 Å². The van der Waals surface area contributed by atoms with Gasteiger partial charge in [0.2, 0.25) is 0 Å². The molecule has 6 nitrogen and oxygen atoms in total. The van der Waals surface area contributed by atoms with Crippen LogP contribution in [0.4, 0.5) is 0 Å². The maximum absolute atomic E-state index is 6.12. The summed E-state index contributed by atoms with van der Waals surface area (Å²) in [6, 6.07) is 0. The second kappa shape index (κ2) is 6.70. The number of guanidine groups is 1. The molecule has 3 rings (SSSR count). The van der Waals surface area contributed by atoms with Gasteiger partial charge in [-0.25, -0.2) is 0 Å². The third kappa shape index (κ3) is 3.52. The molecule has 0 aromatic carbocycles. The number of aryl methyl sites for hydroxylation is 1. The molecule has 3 heterocycles. The molecule has 116 valence electrons. The standard InChI is InChI=1S/C14H23N5OS/c1-18-10-12(9-17-18)13-11(2-5-20-13)8-16-14(15)19-3-6-21-7-4-19/h9-11,13H,2-8H2,1H3,(H2,15,16)/t11-,13+/m0/s1. The van der Waals surface area contributed by atoms with Crippen molar-refractivity contribution in [1.82, 2.24) is 14.7 Å². The summed E-state index contributed by atoms with van der Waals surface area (Å²) in [5.74, 6) is 3.36. The maximum Gasteiger partial charge on any atom is 0.191 e. The molecule has 0 amide bonds. The normalized spacial score (nSPS) is 27.3. The van der Waals surface area contributed by atoms with Gasteiger partial charge in [0.25, 0.3) is 0 Å². The summed E-state index contributed by atoms with van der Waals surface area (Å²) in [6.45, 7) is 3.54. The van der Waals surface area contributed by atoms with Crippen molar-refractivity contribution in [2.45, 2.75) is 12.5 Å². The van der Waals surface area contributed by atoms with E-state index >= 15 is 0 Å². The highest BCUT2D eigenvalue weighted by Gasteiger charge is 2.30. The van der Waals surface area contributed by atoms with E-state index in [2.05, 4.69) is 15.0 Å². The molecule has 2 atom stereocenters. The predicted molar refractivity (Wildman–Crippen MR) is 85.4 cm³/mol. The molecule has 0 aliphatic carbocycles. The largest absolute Gasteiger partial charge is 0.373 e. The zero-order valence-electron chi connectivity index (χ0n) is 12.4. The molecule has 7 heteroatoms. The average molecular weight is 309 g/mol. The highest BCUT2D eigenvalue weighted by atomic mass is 32.2. The van der Waals surface area contributed by atoms with Crippen molar-refractivity contribution in [3.63, 3.8) is 0 Å². The first-order valence-corrected chi connectivity index (χ1v) is 8.62. The minimum absolute atomic E-state index is 0.104. The molecule has 2 aliphatic rings. The third-order valence-electron chi connectivity index (χ3n) is 4.09. The molecule has 0 spiro atoms. The van der Waals surface area contributed by atoms with Gasteiger partial charge in [0.05, 0.1) is 12.3 Å². The highest BCUT2D eigenvalue weighted by Crippen LogP contribution is 2.34. The van der Waals surface area contributed by atoms with Crippen molar-refractivity contribution in [2.75, 3.05) is 37.7 Å².